The Morgan fingerprint density at radius 3 is 2.21 bits per heavy atom. The van der Waals surface area contributed by atoms with Crippen molar-refractivity contribution in [1.82, 2.24) is 0 Å². The molecule has 0 aromatic rings. The van der Waals surface area contributed by atoms with Crippen molar-refractivity contribution in [2.24, 2.45) is 0 Å². The molecule has 14 heavy (non-hydrogen) atoms. The Bertz CT molecular complexity index is 150. The minimum Gasteiger partial charge on any atom is -0.370 e. The van der Waals surface area contributed by atoms with Crippen molar-refractivity contribution in [1.29, 1.82) is 0 Å². The van der Waals surface area contributed by atoms with E-state index in [1.807, 2.05) is 13.8 Å². The summed E-state index contributed by atoms with van der Waals surface area (Å²) < 4.78 is 21.1. The minimum absolute atomic E-state index is 0.0446. The van der Waals surface area contributed by atoms with Gasteiger partial charge in [-0.05, 0) is 20.8 Å². The van der Waals surface area contributed by atoms with Crippen molar-refractivity contribution >= 4 is 0 Å². The third kappa shape index (κ3) is 4.37. The molecule has 0 spiro atoms. The molecule has 0 amide bonds. The topological polar surface area (TPSA) is 40.2 Å². The molecule has 1 fully saturated rings. The van der Waals surface area contributed by atoms with Crippen LogP contribution in [0.25, 0.3) is 0 Å². The summed E-state index contributed by atoms with van der Waals surface area (Å²) in [7, 11) is 0. The standard InChI is InChI=1S/C10H20O4/c1-4-11-9(12-5-2)13-7-6-10(3)8-14-10/h9H,4-8H2,1-3H3. The molecule has 1 aliphatic rings. The Morgan fingerprint density at radius 1 is 1.21 bits per heavy atom. The fraction of sp³-hybridized carbons (Fsp3) is 1.00. The molecular weight excluding hydrogens is 184 g/mol. The van der Waals surface area contributed by atoms with Crippen LogP contribution in [-0.4, -0.2) is 38.5 Å². The number of epoxide rings is 1. The lowest BCUT2D eigenvalue weighted by atomic mass is 10.1. The molecule has 0 saturated carbocycles. The molecule has 0 bridgehead atoms. The second-order valence-corrected chi connectivity index (χ2v) is 3.56. The van der Waals surface area contributed by atoms with Gasteiger partial charge in [0, 0.05) is 19.6 Å². The first kappa shape index (κ1) is 11.9. The maximum atomic E-state index is 5.41. The predicted molar refractivity (Wildman–Crippen MR) is 52.0 cm³/mol. The molecular formula is C10H20O4. The average molecular weight is 204 g/mol. The Hall–Kier alpha value is -0.160. The third-order valence-corrected chi connectivity index (χ3v) is 2.13. The van der Waals surface area contributed by atoms with Crippen LogP contribution in [-0.2, 0) is 18.9 Å². The average Bonchev–Trinajstić information content (AvgIpc) is 2.85. The first-order chi connectivity index (χ1) is 6.70. The molecule has 84 valence electrons. The van der Waals surface area contributed by atoms with Gasteiger partial charge in [0.05, 0.1) is 18.8 Å². The monoisotopic (exact) mass is 204 g/mol. The van der Waals surface area contributed by atoms with E-state index < -0.39 is 6.48 Å². The molecule has 4 heteroatoms. The Labute approximate surface area is 85.5 Å². The van der Waals surface area contributed by atoms with Crippen LogP contribution >= 0.6 is 0 Å². The highest BCUT2D eigenvalue weighted by molar-refractivity contribution is 4.86. The summed E-state index contributed by atoms with van der Waals surface area (Å²) in [6, 6.07) is 0. The lowest BCUT2D eigenvalue weighted by Crippen LogP contribution is -2.23. The van der Waals surface area contributed by atoms with Crippen LogP contribution in [0.3, 0.4) is 0 Å². The van der Waals surface area contributed by atoms with E-state index >= 15 is 0 Å². The lowest BCUT2D eigenvalue weighted by Gasteiger charge is -2.17. The molecule has 0 aliphatic carbocycles. The van der Waals surface area contributed by atoms with Gasteiger partial charge in [-0.3, -0.25) is 0 Å². The van der Waals surface area contributed by atoms with Crippen LogP contribution in [0.2, 0.25) is 0 Å². The fourth-order valence-electron chi connectivity index (χ4n) is 1.06. The van der Waals surface area contributed by atoms with Crippen molar-refractivity contribution in [3.63, 3.8) is 0 Å². The van der Waals surface area contributed by atoms with Crippen molar-refractivity contribution in [2.45, 2.75) is 39.3 Å². The van der Waals surface area contributed by atoms with Gasteiger partial charge in [0.15, 0.2) is 0 Å². The Morgan fingerprint density at radius 2 is 1.79 bits per heavy atom. The van der Waals surface area contributed by atoms with E-state index in [2.05, 4.69) is 6.92 Å². The van der Waals surface area contributed by atoms with Crippen LogP contribution in [0.15, 0.2) is 0 Å². The van der Waals surface area contributed by atoms with Gasteiger partial charge in [0.1, 0.15) is 0 Å². The van der Waals surface area contributed by atoms with Gasteiger partial charge < -0.3 is 18.9 Å². The quantitative estimate of drug-likeness (QED) is 0.444. The molecule has 1 aliphatic heterocycles. The first-order valence-electron chi connectivity index (χ1n) is 5.19. The zero-order valence-electron chi connectivity index (χ0n) is 9.25. The molecule has 1 atom stereocenters. The largest absolute Gasteiger partial charge is 0.370 e. The molecule has 1 heterocycles. The van der Waals surface area contributed by atoms with Gasteiger partial charge in [0.25, 0.3) is 6.48 Å². The smallest absolute Gasteiger partial charge is 0.271 e. The maximum Gasteiger partial charge on any atom is 0.271 e. The Kier molecular flexibility index (Phi) is 4.81. The highest BCUT2D eigenvalue weighted by Gasteiger charge is 2.38. The first-order valence-corrected chi connectivity index (χ1v) is 5.19. The van der Waals surface area contributed by atoms with Crippen molar-refractivity contribution < 1.29 is 18.9 Å². The van der Waals surface area contributed by atoms with E-state index in [0.717, 1.165) is 13.0 Å². The van der Waals surface area contributed by atoms with Crippen LogP contribution in [0, 0.1) is 0 Å². The summed E-state index contributed by atoms with van der Waals surface area (Å²) >= 11 is 0. The Balaban J connectivity index is 2.05. The van der Waals surface area contributed by atoms with E-state index in [1.54, 1.807) is 0 Å². The molecule has 4 nitrogen and oxygen atoms in total. The molecule has 1 rings (SSSR count). The SMILES string of the molecule is CCOC(OCC)OCCC1(C)CO1. The molecule has 1 unspecified atom stereocenters. The molecule has 0 N–H and O–H groups in total. The molecule has 0 aromatic heterocycles. The lowest BCUT2D eigenvalue weighted by molar-refractivity contribution is -0.285. The number of rotatable bonds is 8. The maximum absolute atomic E-state index is 5.41. The van der Waals surface area contributed by atoms with Crippen LogP contribution in [0.1, 0.15) is 27.2 Å². The van der Waals surface area contributed by atoms with Gasteiger partial charge in [-0.1, -0.05) is 0 Å². The zero-order chi connectivity index (χ0) is 10.4. The number of hydrogen-bond acceptors (Lipinski definition) is 4. The highest BCUT2D eigenvalue weighted by Crippen LogP contribution is 2.29. The van der Waals surface area contributed by atoms with Gasteiger partial charge in [0.2, 0.25) is 0 Å². The zero-order valence-corrected chi connectivity index (χ0v) is 9.25. The van der Waals surface area contributed by atoms with E-state index in [0.29, 0.717) is 19.8 Å². The summed E-state index contributed by atoms with van der Waals surface area (Å²) in [6.45, 7) is 8.03. The van der Waals surface area contributed by atoms with Crippen molar-refractivity contribution in [3.05, 3.63) is 0 Å². The summed E-state index contributed by atoms with van der Waals surface area (Å²) in [5.41, 5.74) is 0.0446. The minimum atomic E-state index is -0.521. The van der Waals surface area contributed by atoms with Crippen molar-refractivity contribution in [2.75, 3.05) is 26.4 Å². The van der Waals surface area contributed by atoms with Crippen LogP contribution in [0.4, 0.5) is 0 Å². The highest BCUT2D eigenvalue weighted by atomic mass is 16.8. The molecule has 0 aromatic carbocycles. The van der Waals surface area contributed by atoms with Crippen LogP contribution in [0.5, 0.6) is 0 Å². The summed E-state index contributed by atoms with van der Waals surface area (Å²) in [5.74, 6) is 0. The summed E-state index contributed by atoms with van der Waals surface area (Å²) in [6.07, 6.45) is 0.893. The van der Waals surface area contributed by atoms with Crippen LogP contribution < -0.4 is 0 Å². The van der Waals surface area contributed by atoms with Gasteiger partial charge in [-0.15, -0.1) is 0 Å². The second-order valence-electron chi connectivity index (χ2n) is 3.56. The number of ether oxygens (including phenoxy) is 4. The van der Waals surface area contributed by atoms with E-state index in [-0.39, 0.29) is 5.60 Å². The van der Waals surface area contributed by atoms with Gasteiger partial charge in [-0.2, -0.15) is 0 Å². The van der Waals surface area contributed by atoms with E-state index in [4.69, 9.17) is 18.9 Å². The van der Waals surface area contributed by atoms with Gasteiger partial charge >= 0.3 is 0 Å². The molecule has 0 radical (unpaired) electrons. The fourth-order valence-corrected chi connectivity index (χ4v) is 1.06. The summed E-state index contributed by atoms with van der Waals surface area (Å²) in [4.78, 5) is 0. The van der Waals surface area contributed by atoms with Crippen molar-refractivity contribution in [3.8, 4) is 0 Å². The predicted octanol–water partition coefficient (Wildman–Crippen LogP) is 1.54. The van der Waals surface area contributed by atoms with E-state index in [1.165, 1.54) is 0 Å². The second kappa shape index (κ2) is 5.66. The third-order valence-electron chi connectivity index (χ3n) is 2.13. The van der Waals surface area contributed by atoms with E-state index in [9.17, 15) is 0 Å². The van der Waals surface area contributed by atoms with Gasteiger partial charge in [-0.25, -0.2) is 0 Å². The molecule has 1 saturated heterocycles. The summed E-state index contributed by atoms with van der Waals surface area (Å²) in [5, 5.41) is 0. The normalized spacial score (nSPS) is 25.7. The number of hydrogen-bond donors (Lipinski definition) is 0.